The number of nitrogens with two attached hydrogens (primary N) is 2. The maximum Gasteiger partial charge on any atom is 0.326 e. The Morgan fingerprint density at radius 1 is 0.974 bits per heavy atom. The average molecular weight is 549 g/mol. The highest BCUT2D eigenvalue weighted by Gasteiger charge is 2.30. The zero-order chi connectivity index (χ0) is 28.2. The van der Waals surface area contributed by atoms with Gasteiger partial charge in [0.1, 0.15) is 18.1 Å². The van der Waals surface area contributed by atoms with Crippen LogP contribution in [0.3, 0.4) is 0 Å². The molecule has 0 aliphatic rings. The van der Waals surface area contributed by atoms with Crippen LogP contribution in [0.15, 0.2) is 30.5 Å². The van der Waals surface area contributed by atoms with Crippen molar-refractivity contribution in [1.29, 1.82) is 0 Å². The van der Waals surface area contributed by atoms with Crippen LogP contribution in [0.1, 0.15) is 45.1 Å². The van der Waals surface area contributed by atoms with Crippen LogP contribution >= 0.6 is 12.6 Å². The number of aliphatic carboxylic acids is 1. The highest BCUT2D eigenvalue weighted by atomic mass is 32.1. The number of fused-ring (bicyclic) bond motifs is 1. The second kappa shape index (κ2) is 15.4. The Kier molecular flexibility index (Phi) is 12.6. The summed E-state index contributed by atoms with van der Waals surface area (Å²) in [4.78, 5) is 53.9. The van der Waals surface area contributed by atoms with Crippen LogP contribution in [0.2, 0.25) is 0 Å². The van der Waals surface area contributed by atoms with E-state index in [2.05, 4.69) is 33.6 Å². The van der Waals surface area contributed by atoms with Gasteiger partial charge in [0, 0.05) is 29.3 Å². The number of unbranched alkanes of at least 4 members (excludes halogenated alkanes) is 1. The van der Waals surface area contributed by atoms with Gasteiger partial charge in [-0.05, 0) is 43.4 Å². The molecule has 1 aromatic carbocycles. The third-order valence-electron chi connectivity index (χ3n) is 6.18. The number of hydrogen-bond donors (Lipinski definition) is 8. The summed E-state index contributed by atoms with van der Waals surface area (Å²) in [5.41, 5.74) is 13.1. The Hall–Kier alpha value is -3.09. The Bertz CT molecular complexity index is 1090. The number of nitrogens with one attached hydrogen (secondary N) is 4. The van der Waals surface area contributed by atoms with Crippen molar-refractivity contribution in [2.45, 2.75) is 70.1 Å². The highest BCUT2D eigenvalue weighted by Crippen LogP contribution is 2.19. The summed E-state index contributed by atoms with van der Waals surface area (Å²) in [6.45, 7) is 4.21. The number of hydrogen-bond acceptors (Lipinski definition) is 7. The van der Waals surface area contributed by atoms with E-state index in [1.165, 1.54) is 0 Å². The molecule has 12 heteroatoms. The number of carboxylic acids is 1. The number of benzene rings is 1. The van der Waals surface area contributed by atoms with Gasteiger partial charge in [0.15, 0.2) is 0 Å². The van der Waals surface area contributed by atoms with Gasteiger partial charge < -0.3 is 37.5 Å². The lowest BCUT2D eigenvalue weighted by Gasteiger charge is -2.25. The van der Waals surface area contributed by atoms with E-state index in [0.717, 1.165) is 22.9 Å². The van der Waals surface area contributed by atoms with Gasteiger partial charge in [-0.2, -0.15) is 12.6 Å². The first-order valence-corrected chi connectivity index (χ1v) is 13.5. The minimum Gasteiger partial charge on any atom is -0.480 e. The van der Waals surface area contributed by atoms with E-state index in [1.54, 1.807) is 6.20 Å². The molecule has 9 N–H and O–H groups in total. The Labute approximate surface area is 228 Å². The van der Waals surface area contributed by atoms with Crippen LogP contribution in [0.4, 0.5) is 0 Å². The first-order valence-electron chi connectivity index (χ1n) is 12.8. The molecule has 0 aliphatic carbocycles. The minimum atomic E-state index is -1.16. The van der Waals surface area contributed by atoms with E-state index in [-0.39, 0.29) is 24.5 Å². The number of carbonyl (C=O) groups is 4. The van der Waals surface area contributed by atoms with E-state index in [4.69, 9.17) is 11.5 Å². The molecule has 11 nitrogen and oxygen atoms in total. The van der Waals surface area contributed by atoms with E-state index in [0.29, 0.717) is 19.4 Å². The Morgan fingerprint density at radius 3 is 2.24 bits per heavy atom. The fourth-order valence-corrected chi connectivity index (χ4v) is 4.34. The van der Waals surface area contributed by atoms with Gasteiger partial charge >= 0.3 is 5.97 Å². The first-order chi connectivity index (χ1) is 18.1. The molecule has 38 heavy (non-hydrogen) atoms. The number of rotatable bonds is 16. The van der Waals surface area contributed by atoms with Crippen LogP contribution in [-0.4, -0.2) is 70.2 Å². The molecule has 0 radical (unpaired) electrons. The number of carbonyl (C=O) groups excluding carboxylic acids is 3. The summed E-state index contributed by atoms with van der Waals surface area (Å²) in [6, 6.07) is 3.44. The number of carboxylic acid groups (broad SMARTS) is 1. The number of amides is 3. The van der Waals surface area contributed by atoms with Gasteiger partial charge in [-0.25, -0.2) is 4.79 Å². The van der Waals surface area contributed by atoms with E-state index in [9.17, 15) is 24.3 Å². The molecule has 1 heterocycles. The maximum atomic E-state index is 13.3. The third-order valence-corrected chi connectivity index (χ3v) is 6.54. The predicted octanol–water partition coefficient (Wildman–Crippen LogP) is 0.682. The molecule has 0 saturated heterocycles. The summed E-state index contributed by atoms with van der Waals surface area (Å²) in [6.07, 6.45) is 3.90. The number of H-pyrrole nitrogens is 1. The van der Waals surface area contributed by atoms with Gasteiger partial charge in [-0.15, -0.1) is 0 Å². The molecule has 2 rings (SSSR count). The summed E-state index contributed by atoms with van der Waals surface area (Å²) in [7, 11) is 0. The van der Waals surface area contributed by atoms with Crippen molar-refractivity contribution in [2.24, 2.45) is 17.4 Å². The molecule has 0 fully saturated rings. The van der Waals surface area contributed by atoms with E-state index >= 15 is 0 Å². The SMILES string of the molecule is CC(C)CC(NC(=O)C(Cc1c[nH]c2ccccc12)NC(=O)C(CS)NC(=O)C(N)CCCCN)C(=O)O. The molecule has 0 aliphatic heterocycles. The zero-order valence-corrected chi connectivity index (χ0v) is 22.8. The molecule has 2 aromatic rings. The van der Waals surface area contributed by atoms with Gasteiger partial charge in [0.05, 0.1) is 6.04 Å². The van der Waals surface area contributed by atoms with E-state index < -0.39 is 47.9 Å². The van der Waals surface area contributed by atoms with Gasteiger partial charge in [0.25, 0.3) is 0 Å². The highest BCUT2D eigenvalue weighted by molar-refractivity contribution is 7.80. The molecule has 0 spiro atoms. The fraction of sp³-hybridized carbons (Fsp3) is 0.538. The molecule has 210 valence electrons. The molecule has 3 amide bonds. The second-order valence-corrected chi connectivity index (χ2v) is 10.2. The lowest BCUT2D eigenvalue weighted by Crippen LogP contribution is -2.58. The van der Waals surface area contributed by atoms with Crippen LogP contribution in [0, 0.1) is 5.92 Å². The topological polar surface area (TPSA) is 192 Å². The van der Waals surface area contributed by atoms with Gasteiger partial charge in [0.2, 0.25) is 17.7 Å². The third kappa shape index (κ3) is 9.34. The first kappa shape index (κ1) is 31.1. The van der Waals surface area contributed by atoms with Crippen molar-refractivity contribution < 1.29 is 24.3 Å². The smallest absolute Gasteiger partial charge is 0.326 e. The summed E-state index contributed by atoms with van der Waals surface area (Å²) in [5, 5.41) is 18.3. The lowest BCUT2D eigenvalue weighted by atomic mass is 10.0. The maximum absolute atomic E-state index is 13.3. The summed E-state index contributed by atoms with van der Waals surface area (Å²) in [5.74, 6) is -2.93. The molecule has 4 unspecified atom stereocenters. The van der Waals surface area contributed by atoms with Gasteiger partial charge in [-0.3, -0.25) is 14.4 Å². The van der Waals surface area contributed by atoms with Crippen LogP contribution in [-0.2, 0) is 25.6 Å². The number of thiol groups is 1. The zero-order valence-electron chi connectivity index (χ0n) is 21.9. The van der Waals surface area contributed by atoms with Crippen molar-refractivity contribution in [2.75, 3.05) is 12.3 Å². The van der Waals surface area contributed by atoms with Crippen molar-refractivity contribution in [3.05, 3.63) is 36.0 Å². The van der Waals surface area contributed by atoms with Crippen LogP contribution in [0.25, 0.3) is 10.9 Å². The van der Waals surface area contributed by atoms with Gasteiger partial charge in [-0.1, -0.05) is 38.5 Å². The Morgan fingerprint density at radius 2 is 1.61 bits per heavy atom. The van der Waals surface area contributed by atoms with Crippen LogP contribution in [0.5, 0.6) is 0 Å². The number of aromatic nitrogens is 1. The molecular weight excluding hydrogens is 508 g/mol. The molecule has 0 bridgehead atoms. The summed E-state index contributed by atoms with van der Waals surface area (Å²) < 4.78 is 0. The van der Waals surface area contributed by atoms with Crippen molar-refractivity contribution >= 4 is 47.2 Å². The average Bonchev–Trinajstić information content (AvgIpc) is 3.28. The molecule has 4 atom stereocenters. The largest absolute Gasteiger partial charge is 0.480 e. The van der Waals surface area contributed by atoms with Crippen molar-refractivity contribution in [1.82, 2.24) is 20.9 Å². The molecule has 1 aromatic heterocycles. The monoisotopic (exact) mass is 548 g/mol. The van der Waals surface area contributed by atoms with Crippen molar-refractivity contribution in [3.8, 4) is 0 Å². The number of para-hydroxylation sites is 1. The lowest BCUT2D eigenvalue weighted by molar-refractivity contribution is -0.142. The number of aromatic amines is 1. The normalized spacial score (nSPS) is 14.5. The Balaban J connectivity index is 2.21. The standard InChI is InChI=1S/C26H40N6O5S/c1-15(2)11-21(26(36)37)31-24(34)20(12-16-13-29-19-9-4-3-7-17(16)19)30-25(35)22(14-38)32-23(33)18(28)8-5-6-10-27/h3-4,7,9,13,15,18,20-22,29,38H,5-6,8,10-12,14,27-28H2,1-2H3,(H,30,35)(H,31,34)(H,32,33)(H,36,37). The minimum absolute atomic E-state index is 0.0240. The summed E-state index contributed by atoms with van der Waals surface area (Å²) >= 11 is 4.20. The van der Waals surface area contributed by atoms with Crippen molar-refractivity contribution in [3.63, 3.8) is 0 Å². The van der Waals surface area contributed by atoms with E-state index in [1.807, 2.05) is 38.1 Å². The molecular formula is C26H40N6O5S. The fourth-order valence-electron chi connectivity index (χ4n) is 4.08. The van der Waals surface area contributed by atoms with Crippen LogP contribution < -0.4 is 27.4 Å². The quantitative estimate of drug-likeness (QED) is 0.112. The molecule has 0 saturated carbocycles. The second-order valence-electron chi connectivity index (χ2n) is 9.79. The predicted molar refractivity (Wildman–Crippen MR) is 150 cm³/mol.